The van der Waals surface area contributed by atoms with Crippen LogP contribution in [-0.2, 0) is 9.53 Å². The Kier molecular flexibility index (Phi) is 6.07. The summed E-state index contributed by atoms with van der Waals surface area (Å²) >= 11 is 0. The van der Waals surface area contributed by atoms with E-state index in [1.165, 1.54) is 7.11 Å². The molecular formula is C30H24N4O4. The van der Waals surface area contributed by atoms with E-state index in [4.69, 9.17) is 14.7 Å². The van der Waals surface area contributed by atoms with Crippen LogP contribution >= 0.6 is 0 Å². The Labute approximate surface area is 218 Å². The maximum absolute atomic E-state index is 11.5. The summed E-state index contributed by atoms with van der Waals surface area (Å²) in [5.74, 6) is -0.228. The number of aromatic amines is 2. The molecule has 0 radical (unpaired) electrons. The molecular weight excluding hydrogens is 480 g/mol. The quantitative estimate of drug-likeness (QED) is 0.285. The molecule has 0 saturated carbocycles. The van der Waals surface area contributed by atoms with E-state index in [2.05, 4.69) is 20.8 Å². The van der Waals surface area contributed by atoms with Crippen molar-refractivity contribution >= 4 is 51.8 Å². The molecule has 4 aromatic rings. The number of carbonyl (C=O) groups is 1. The first kappa shape index (κ1) is 23.4. The number of aromatic nitrogens is 4. The van der Waals surface area contributed by atoms with E-state index in [9.17, 15) is 9.90 Å². The number of esters is 1. The Morgan fingerprint density at radius 3 is 2.21 bits per heavy atom. The topological polar surface area (TPSA) is 113 Å². The first-order chi connectivity index (χ1) is 18.5. The Morgan fingerprint density at radius 1 is 0.842 bits per heavy atom. The molecule has 0 fully saturated rings. The van der Waals surface area contributed by atoms with Gasteiger partial charge >= 0.3 is 5.97 Å². The highest BCUT2D eigenvalue weighted by Gasteiger charge is 2.17. The molecule has 0 aliphatic carbocycles. The van der Waals surface area contributed by atoms with Crippen molar-refractivity contribution in [3.8, 4) is 5.75 Å². The van der Waals surface area contributed by atoms with E-state index in [1.54, 1.807) is 6.07 Å². The maximum Gasteiger partial charge on any atom is 0.338 e. The molecule has 8 heteroatoms. The second-order valence-corrected chi connectivity index (χ2v) is 8.97. The van der Waals surface area contributed by atoms with E-state index >= 15 is 0 Å². The standard InChI is InChI=1S/C30H24N4O4/c1-37-30(36)29(35)17-38-26-4-2-3-18(11-26)27-15-25-14-23-8-7-21(32-23)12-19-5-6-20(31-19)13-22-9-10-24(33-22)16-28(27)34-25/h2-16,29,31-32,35H,17H2,1H3. The summed E-state index contributed by atoms with van der Waals surface area (Å²) in [6.07, 6.45) is 4.59. The van der Waals surface area contributed by atoms with Gasteiger partial charge in [-0.3, -0.25) is 0 Å². The highest BCUT2D eigenvalue weighted by molar-refractivity contribution is 5.93. The summed E-state index contributed by atoms with van der Waals surface area (Å²) in [6.45, 7) is -0.210. The second-order valence-electron chi connectivity index (χ2n) is 8.97. The fraction of sp³-hybridized carbons (Fsp3) is 0.100. The predicted octanol–water partition coefficient (Wildman–Crippen LogP) is 4.99. The minimum atomic E-state index is -1.36. The normalized spacial score (nSPS) is 13.2. The summed E-state index contributed by atoms with van der Waals surface area (Å²) in [6, 6.07) is 23.6. The van der Waals surface area contributed by atoms with Crippen LogP contribution in [0.2, 0.25) is 0 Å². The number of fused-ring (bicyclic) bond motifs is 8. The highest BCUT2D eigenvalue weighted by Crippen LogP contribution is 2.31. The number of hydrogen-bond donors (Lipinski definition) is 3. The molecule has 3 N–H and O–H groups in total. The van der Waals surface area contributed by atoms with Crippen molar-refractivity contribution < 1.29 is 19.4 Å². The van der Waals surface area contributed by atoms with Gasteiger partial charge in [0.2, 0.25) is 0 Å². The third-order valence-electron chi connectivity index (χ3n) is 6.19. The van der Waals surface area contributed by atoms with Gasteiger partial charge in [0.05, 0.1) is 29.9 Å². The Balaban J connectivity index is 1.44. The van der Waals surface area contributed by atoms with Crippen molar-refractivity contribution in [2.24, 2.45) is 0 Å². The van der Waals surface area contributed by atoms with Crippen molar-refractivity contribution in [2.75, 3.05) is 13.7 Å². The second kappa shape index (κ2) is 9.84. The molecule has 1 atom stereocenters. The number of ether oxygens (including phenoxy) is 2. The number of nitrogens with one attached hydrogen (secondary N) is 2. The van der Waals surface area contributed by atoms with Crippen LogP contribution < -0.4 is 4.74 Å². The smallest absolute Gasteiger partial charge is 0.338 e. The van der Waals surface area contributed by atoms with E-state index in [1.807, 2.05) is 78.9 Å². The number of methoxy groups -OCH3 is 1. The molecule has 0 saturated heterocycles. The van der Waals surface area contributed by atoms with E-state index in [0.717, 1.165) is 56.0 Å². The number of carbonyl (C=O) groups excluding carboxylic acids is 1. The largest absolute Gasteiger partial charge is 0.490 e. The van der Waals surface area contributed by atoms with Crippen LogP contribution in [0.3, 0.4) is 0 Å². The van der Waals surface area contributed by atoms with Gasteiger partial charge in [-0.05, 0) is 84.5 Å². The van der Waals surface area contributed by atoms with Gasteiger partial charge in [-0.2, -0.15) is 0 Å². The van der Waals surface area contributed by atoms with Crippen molar-refractivity contribution in [1.82, 2.24) is 19.9 Å². The number of aliphatic hydroxyl groups excluding tert-OH is 1. The van der Waals surface area contributed by atoms with Crippen LogP contribution in [-0.4, -0.2) is 50.8 Å². The Hall–Kier alpha value is -4.95. The van der Waals surface area contributed by atoms with Gasteiger partial charge in [0.1, 0.15) is 12.4 Å². The van der Waals surface area contributed by atoms with Crippen molar-refractivity contribution in [2.45, 2.75) is 6.10 Å². The minimum Gasteiger partial charge on any atom is -0.490 e. The van der Waals surface area contributed by atoms with Crippen molar-refractivity contribution in [1.29, 1.82) is 0 Å². The van der Waals surface area contributed by atoms with Gasteiger partial charge in [-0.15, -0.1) is 0 Å². The van der Waals surface area contributed by atoms with Crippen LogP contribution in [0, 0.1) is 0 Å². The minimum absolute atomic E-state index is 0.210. The van der Waals surface area contributed by atoms with Gasteiger partial charge in [0.15, 0.2) is 6.10 Å². The average molecular weight is 505 g/mol. The molecule has 2 aliphatic heterocycles. The van der Waals surface area contributed by atoms with E-state index in [0.29, 0.717) is 5.75 Å². The molecule has 38 heavy (non-hydrogen) atoms. The van der Waals surface area contributed by atoms with Gasteiger partial charge in [-0.1, -0.05) is 12.1 Å². The molecule has 5 heterocycles. The van der Waals surface area contributed by atoms with Crippen LogP contribution in [0.1, 0.15) is 28.3 Å². The molecule has 0 spiro atoms. The van der Waals surface area contributed by atoms with Crippen LogP contribution in [0.4, 0.5) is 0 Å². The molecule has 2 aliphatic rings. The van der Waals surface area contributed by atoms with Gasteiger partial charge in [0.25, 0.3) is 0 Å². The van der Waals surface area contributed by atoms with E-state index in [-0.39, 0.29) is 6.61 Å². The zero-order chi connectivity index (χ0) is 26.1. The number of H-pyrrole nitrogens is 2. The predicted molar refractivity (Wildman–Crippen MR) is 147 cm³/mol. The molecule has 1 aromatic carbocycles. The summed E-state index contributed by atoms with van der Waals surface area (Å²) in [5.41, 5.74) is 8.84. The van der Waals surface area contributed by atoms with Crippen LogP contribution in [0.15, 0.2) is 72.8 Å². The summed E-state index contributed by atoms with van der Waals surface area (Å²) in [4.78, 5) is 28.0. The summed E-state index contributed by atoms with van der Waals surface area (Å²) < 4.78 is 10.2. The van der Waals surface area contributed by atoms with Gasteiger partial charge in [0, 0.05) is 27.6 Å². The molecule has 8 nitrogen and oxygen atoms in total. The van der Waals surface area contributed by atoms with Gasteiger partial charge < -0.3 is 24.5 Å². The fourth-order valence-electron chi connectivity index (χ4n) is 4.38. The summed E-state index contributed by atoms with van der Waals surface area (Å²) in [7, 11) is 1.22. The highest BCUT2D eigenvalue weighted by atomic mass is 16.5. The Bertz CT molecular complexity index is 1760. The van der Waals surface area contributed by atoms with Crippen molar-refractivity contribution in [3.05, 3.63) is 101 Å². The summed E-state index contributed by atoms with van der Waals surface area (Å²) in [5, 5.41) is 9.87. The first-order valence-corrected chi connectivity index (χ1v) is 12.1. The monoisotopic (exact) mass is 504 g/mol. The Morgan fingerprint density at radius 2 is 1.50 bits per heavy atom. The molecule has 1 unspecified atom stereocenters. The molecule has 8 bridgehead atoms. The lowest BCUT2D eigenvalue weighted by Crippen LogP contribution is -2.28. The lowest BCUT2D eigenvalue weighted by molar-refractivity contribution is -0.151. The average Bonchev–Trinajstić information content (AvgIpc) is 3.72. The number of hydrogen-bond acceptors (Lipinski definition) is 6. The zero-order valence-corrected chi connectivity index (χ0v) is 20.5. The SMILES string of the molecule is COC(=O)C(O)COc1cccc(C2=Cc3cc4ccc(cc5ccc(cc6nc(cc2n3)C=C6)[nH]5)[nH]4)c1. The number of aliphatic hydroxyl groups is 1. The van der Waals surface area contributed by atoms with Crippen LogP contribution in [0.25, 0.3) is 45.9 Å². The lowest BCUT2D eigenvalue weighted by Gasteiger charge is -2.11. The number of nitrogens with zero attached hydrogens (tertiary/aromatic N) is 2. The lowest BCUT2D eigenvalue weighted by atomic mass is 10.0. The molecule has 0 amide bonds. The van der Waals surface area contributed by atoms with E-state index < -0.39 is 12.1 Å². The molecule has 6 rings (SSSR count). The van der Waals surface area contributed by atoms with Gasteiger partial charge in [-0.25, -0.2) is 14.8 Å². The van der Waals surface area contributed by atoms with Crippen LogP contribution in [0.5, 0.6) is 5.75 Å². The maximum atomic E-state index is 11.5. The third-order valence-corrected chi connectivity index (χ3v) is 6.19. The number of rotatable bonds is 5. The fourth-order valence-corrected chi connectivity index (χ4v) is 4.38. The molecule has 3 aromatic heterocycles. The van der Waals surface area contributed by atoms with Crippen molar-refractivity contribution in [3.63, 3.8) is 0 Å². The zero-order valence-electron chi connectivity index (χ0n) is 20.5. The third kappa shape index (κ3) is 4.98. The number of benzene rings is 1. The first-order valence-electron chi connectivity index (χ1n) is 12.1. The molecule has 188 valence electrons.